The first-order chi connectivity index (χ1) is 8.20. The van der Waals surface area contributed by atoms with Crippen molar-refractivity contribution >= 4 is 5.82 Å². The van der Waals surface area contributed by atoms with Crippen LogP contribution in [0.5, 0.6) is 0 Å². The van der Waals surface area contributed by atoms with E-state index in [1.165, 1.54) is 24.8 Å². The van der Waals surface area contributed by atoms with Crippen molar-refractivity contribution in [1.82, 2.24) is 9.97 Å². The van der Waals surface area contributed by atoms with Crippen LogP contribution in [0.15, 0.2) is 0 Å². The van der Waals surface area contributed by atoms with Gasteiger partial charge >= 0.3 is 0 Å². The lowest BCUT2D eigenvalue weighted by molar-refractivity contribution is 0.117. The van der Waals surface area contributed by atoms with Crippen molar-refractivity contribution in [2.45, 2.75) is 51.6 Å². The predicted molar refractivity (Wildman–Crippen MR) is 67.9 cm³/mol. The van der Waals surface area contributed by atoms with Crippen molar-refractivity contribution in [2.75, 3.05) is 12.8 Å². The van der Waals surface area contributed by atoms with E-state index in [-0.39, 0.29) is 6.10 Å². The first-order valence-electron chi connectivity index (χ1n) is 6.37. The van der Waals surface area contributed by atoms with E-state index in [4.69, 9.17) is 10.5 Å². The Labute approximate surface area is 103 Å². The Bertz CT molecular complexity index is 392. The number of aromatic nitrogens is 2. The zero-order valence-electron chi connectivity index (χ0n) is 10.7. The lowest BCUT2D eigenvalue weighted by atomic mass is 10.1. The number of rotatable bonds is 3. The van der Waals surface area contributed by atoms with Gasteiger partial charge in [-0.1, -0.05) is 6.42 Å². The highest BCUT2D eigenvalue weighted by Gasteiger charge is 2.15. The van der Waals surface area contributed by atoms with Crippen molar-refractivity contribution in [1.29, 1.82) is 0 Å². The molecule has 1 aliphatic carbocycles. The predicted octanol–water partition coefficient (Wildman–Crippen LogP) is 1.91. The van der Waals surface area contributed by atoms with Crippen molar-refractivity contribution in [2.24, 2.45) is 0 Å². The average molecular weight is 235 g/mol. The van der Waals surface area contributed by atoms with Gasteiger partial charge in [0.25, 0.3) is 0 Å². The van der Waals surface area contributed by atoms with Crippen LogP contribution in [0.3, 0.4) is 0 Å². The lowest BCUT2D eigenvalue weighted by Crippen LogP contribution is -2.15. The summed E-state index contributed by atoms with van der Waals surface area (Å²) in [5, 5.41) is 0. The van der Waals surface area contributed by atoms with Gasteiger partial charge in [0.05, 0.1) is 6.10 Å². The number of anilines is 1. The zero-order chi connectivity index (χ0) is 12.3. The van der Waals surface area contributed by atoms with Crippen LogP contribution >= 0.6 is 0 Å². The molecule has 0 saturated heterocycles. The standard InChI is InChI=1S/C13H21N3O/c1-9(17-2)8-12-15-11-7-5-3-4-6-10(11)13(14)16-12/h9H,3-8H2,1-2H3,(H2,14,15,16). The SMILES string of the molecule is COC(C)Cc1nc(N)c2c(n1)CCCCC2. The van der Waals surface area contributed by atoms with Crippen LogP contribution in [0.4, 0.5) is 5.82 Å². The van der Waals surface area contributed by atoms with Gasteiger partial charge in [0.2, 0.25) is 0 Å². The van der Waals surface area contributed by atoms with Crippen LogP contribution in [0.1, 0.15) is 43.3 Å². The van der Waals surface area contributed by atoms with Crippen LogP contribution in [0.2, 0.25) is 0 Å². The monoisotopic (exact) mass is 235 g/mol. The number of nitrogens with two attached hydrogens (primary N) is 1. The molecule has 17 heavy (non-hydrogen) atoms. The number of nitrogens with zero attached hydrogens (tertiary/aromatic N) is 2. The quantitative estimate of drug-likeness (QED) is 0.813. The van der Waals surface area contributed by atoms with Crippen LogP contribution < -0.4 is 5.73 Å². The molecule has 1 unspecified atom stereocenters. The van der Waals surface area contributed by atoms with Crippen molar-refractivity contribution in [3.05, 3.63) is 17.1 Å². The maximum atomic E-state index is 6.04. The third-order valence-corrected chi connectivity index (χ3v) is 3.38. The summed E-state index contributed by atoms with van der Waals surface area (Å²) in [6, 6.07) is 0. The maximum Gasteiger partial charge on any atom is 0.133 e. The first kappa shape index (κ1) is 12.3. The number of hydrogen-bond donors (Lipinski definition) is 1. The third kappa shape index (κ3) is 2.94. The minimum absolute atomic E-state index is 0.137. The van der Waals surface area contributed by atoms with Gasteiger partial charge < -0.3 is 10.5 Å². The van der Waals surface area contributed by atoms with Gasteiger partial charge in [-0.25, -0.2) is 9.97 Å². The molecule has 0 bridgehead atoms. The minimum Gasteiger partial charge on any atom is -0.383 e. The Morgan fingerprint density at radius 3 is 2.76 bits per heavy atom. The summed E-state index contributed by atoms with van der Waals surface area (Å²) in [5.74, 6) is 1.49. The average Bonchev–Trinajstić information content (AvgIpc) is 2.54. The molecule has 0 fully saturated rings. The smallest absolute Gasteiger partial charge is 0.133 e. The molecule has 2 N–H and O–H groups in total. The van der Waals surface area contributed by atoms with Crippen LogP contribution in [-0.2, 0) is 24.0 Å². The minimum atomic E-state index is 0.137. The van der Waals surface area contributed by atoms with Crippen LogP contribution in [-0.4, -0.2) is 23.2 Å². The largest absolute Gasteiger partial charge is 0.383 e. The Kier molecular flexibility index (Phi) is 3.94. The van der Waals surface area contributed by atoms with E-state index in [9.17, 15) is 0 Å². The van der Waals surface area contributed by atoms with Crippen LogP contribution in [0.25, 0.3) is 0 Å². The number of fused-ring (bicyclic) bond motifs is 1. The molecule has 0 aliphatic heterocycles. The highest BCUT2D eigenvalue weighted by Crippen LogP contribution is 2.23. The Hall–Kier alpha value is -1.16. The molecule has 1 atom stereocenters. The second-order valence-corrected chi connectivity index (χ2v) is 4.76. The van der Waals surface area contributed by atoms with Gasteiger partial charge in [-0.05, 0) is 32.6 Å². The molecule has 1 aromatic rings. The second-order valence-electron chi connectivity index (χ2n) is 4.76. The van der Waals surface area contributed by atoms with Crippen LogP contribution in [0, 0.1) is 0 Å². The number of aryl methyl sites for hydroxylation is 1. The summed E-state index contributed by atoms with van der Waals surface area (Å²) >= 11 is 0. The molecular formula is C13H21N3O. The summed E-state index contributed by atoms with van der Waals surface area (Å²) in [7, 11) is 1.71. The fraction of sp³-hybridized carbons (Fsp3) is 0.692. The third-order valence-electron chi connectivity index (χ3n) is 3.38. The summed E-state index contributed by atoms with van der Waals surface area (Å²) in [5.41, 5.74) is 8.37. The molecule has 0 amide bonds. The Morgan fingerprint density at radius 2 is 2.00 bits per heavy atom. The van der Waals surface area contributed by atoms with Gasteiger partial charge in [-0.15, -0.1) is 0 Å². The lowest BCUT2D eigenvalue weighted by Gasteiger charge is -2.12. The van der Waals surface area contributed by atoms with E-state index in [2.05, 4.69) is 9.97 Å². The fourth-order valence-corrected chi connectivity index (χ4v) is 2.28. The van der Waals surface area contributed by atoms with E-state index in [0.717, 1.165) is 30.8 Å². The molecule has 0 saturated carbocycles. The molecule has 4 heteroatoms. The summed E-state index contributed by atoms with van der Waals surface area (Å²) < 4.78 is 5.24. The highest BCUT2D eigenvalue weighted by atomic mass is 16.5. The van der Waals surface area contributed by atoms with Gasteiger partial charge in [0.1, 0.15) is 11.6 Å². The fourth-order valence-electron chi connectivity index (χ4n) is 2.28. The molecule has 0 radical (unpaired) electrons. The molecule has 1 aromatic heterocycles. The van der Waals surface area contributed by atoms with E-state index in [1.807, 2.05) is 6.92 Å². The van der Waals surface area contributed by atoms with Gasteiger partial charge in [0, 0.05) is 24.8 Å². The van der Waals surface area contributed by atoms with Gasteiger partial charge in [-0.3, -0.25) is 0 Å². The first-order valence-corrected chi connectivity index (χ1v) is 6.37. The molecule has 1 aliphatic rings. The van der Waals surface area contributed by atoms with E-state index in [0.29, 0.717) is 5.82 Å². The molecule has 4 nitrogen and oxygen atoms in total. The van der Waals surface area contributed by atoms with E-state index < -0.39 is 0 Å². The molecule has 94 valence electrons. The zero-order valence-corrected chi connectivity index (χ0v) is 10.7. The van der Waals surface area contributed by atoms with Crippen molar-refractivity contribution < 1.29 is 4.74 Å². The summed E-state index contributed by atoms with van der Waals surface area (Å²) in [6.45, 7) is 2.02. The molecule has 1 heterocycles. The molecule has 0 spiro atoms. The maximum absolute atomic E-state index is 6.04. The second kappa shape index (κ2) is 5.45. The number of hydrogen-bond acceptors (Lipinski definition) is 4. The van der Waals surface area contributed by atoms with Crippen molar-refractivity contribution in [3.8, 4) is 0 Å². The highest BCUT2D eigenvalue weighted by molar-refractivity contribution is 5.43. The molecular weight excluding hydrogens is 214 g/mol. The van der Waals surface area contributed by atoms with Crippen molar-refractivity contribution in [3.63, 3.8) is 0 Å². The normalized spacial score (nSPS) is 17.3. The molecule has 2 rings (SSSR count). The van der Waals surface area contributed by atoms with E-state index >= 15 is 0 Å². The summed E-state index contributed by atoms with van der Waals surface area (Å²) in [6.07, 6.45) is 6.61. The number of methoxy groups -OCH3 is 1. The summed E-state index contributed by atoms with van der Waals surface area (Å²) in [4.78, 5) is 9.05. The van der Waals surface area contributed by atoms with Gasteiger partial charge in [-0.2, -0.15) is 0 Å². The molecule has 0 aromatic carbocycles. The van der Waals surface area contributed by atoms with Gasteiger partial charge in [0.15, 0.2) is 0 Å². The number of ether oxygens (including phenoxy) is 1. The van der Waals surface area contributed by atoms with E-state index in [1.54, 1.807) is 7.11 Å². The Balaban J connectivity index is 2.25. The topological polar surface area (TPSA) is 61.0 Å². The Morgan fingerprint density at radius 1 is 1.24 bits per heavy atom. The number of nitrogen functional groups attached to an aromatic ring is 1.